The Bertz CT molecular complexity index is 1000. The van der Waals surface area contributed by atoms with Crippen LogP contribution in [0.1, 0.15) is 29.3 Å². The van der Waals surface area contributed by atoms with Gasteiger partial charge in [0.1, 0.15) is 0 Å². The maximum atomic E-state index is 12.5. The van der Waals surface area contributed by atoms with Crippen LogP contribution in [-0.2, 0) is 26.0 Å². The van der Waals surface area contributed by atoms with Gasteiger partial charge in [-0.05, 0) is 55.7 Å². The molecule has 0 atom stereocenters. The molecule has 7 nitrogen and oxygen atoms in total. The lowest BCUT2D eigenvalue weighted by Crippen LogP contribution is -2.35. The number of para-hydroxylation sites is 1. The van der Waals surface area contributed by atoms with Crippen molar-refractivity contribution >= 4 is 33.3 Å². The zero-order valence-electron chi connectivity index (χ0n) is 16.5. The van der Waals surface area contributed by atoms with E-state index in [1.807, 2.05) is 37.3 Å². The number of aryl methyl sites for hydroxylation is 1. The number of benzene rings is 2. The van der Waals surface area contributed by atoms with Gasteiger partial charge >= 0.3 is 5.97 Å². The van der Waals surface area contributed by atoms with Crippen LogP contribution in [0.4, 0.5) is 11.4 Å². The van der Waals surface area contributed by atoms with E-state index in [2.05, 4.69) is 0 Å². The first-order valence-electron chi connectivity index (χ1n) is 9.44. The lowest BCUT2D eigenvalue weighted by molar-refractivity contribution is -0.121. The largest absolute Gasteiger partial charge is 0.452 e. The fourth-order valence-electron chi connectivity index (χ4n) is 3.43. The molecule has 1 aliphatic heterocycles. The third-order valence-electron chi connectivity index (χ3n) is 4.80. The van der Waals surface area contributed by atoms with E-state index in [1.54, 1.807) is 17.0 Å². The second kappa shape index (κ2) is 8.65. The van der Waals surface area contributed by atoms with Crippen molar-refractivity contribution in [3.8, 4) is 0 Å². The van der Waals surface area contributed by atoms with Gasteiger partial charge in [-0.25, -0.2) is 13.2 Å². The third-order valence-corrected chi connectivity index (χ3v) is 5.98. The van der Waals surface area contributed by atoms with Crippen LogP contribution in [-0.4, -0.2) is 46.2 Å². The summed E-state index contributed by atoms with van der Waals surface area (Å²) in [7, 11) is -3.37. The summed E-state index contributed by atoms with van der Waals surface area (Å²) >= 11 is 0. The monoisotopic (exact) mass is 416 g/mol. The zero-order valence-corrected chi connectivity index (χ0v) is 17.3. The number of hydrogen-bond donors (Lipinski definition) is 0. The first kappa shape index (κ1) is 20.9. The van der Waals surface area contributed by atoms with Crippen LogP contribution in [0.15, 0.2) is 48.5 Å². The van der Waals surface area contributed by atoms with E-state index >= 15 is 0 Å². The SMILES string of the molecule is CCN(C(=O)COC(=O)c1ccc2c(c1)CCCN2S(C)(=O)=O)c1ccccc1. The maximum Gasteiger partial charge on any atom is 0.338 e. The number of sulfonamides is 1. The van der Waals surface area contributed by atoms with Crippen LogP contribution in [0.2, 0.25) is 0 Å². The number of amides is 1. The molecule has 0 radical (unpaired) electrons. The van der Waals surface area contributed by atoms with Gasteiger partial charge in [0.15, 0.2) is 6.61 Å². The number of rotatable bonds is 6. The van der Waals surface area contributed by atoms with Crippen LogP contribution in [0.3, 0.4) is 0 Å². The molecule has 0 spiro atoms. The molecule has 0 N–H and O–H groups in total. The summed E-state index contributed by atoms with van der Waals surface area (Å²) in [5, 5.41) is 0. The Kier molecular flexibility index (Phi) is 6.22. The molecule has 2 aromatic rings. The third kappa shape index (κ3) is 4.76. The number of ether oxygens (including phenoxy) is 1. The van der Waals surface area contributed by atoms with Gasteiger partial charge in [-0.1, -0.05) is 18.2 Å². The molecule has 0 bridgehead atoms. The minimum absolute atomic E-state index is 0.301. The Labute approximate surface area is 170 Å². The highest BCUT2D eigenvalue weighted by Gasteiger charge is 2.25. The van der Waals surface area contributed by atoms with Gasteiger partial charge in [-0.3, -0.25) is 9.10 Å². The fraction of sp³-hybridized carbons (Fsp3) is 0.333. The number of carbonyl (C=O) groups is 2. The number of nitrogens with zero attached hydrogens (tertiary/aromatic N) is 2. The minimum Gasteiger partial charge on any atom is -0.452 e. The van der Waals surface area contributed by atoms with Gasteiger partial charge in [-0.2, -0.15) is 0 Å². The van der Waals surface area contributed by atoms with Crippen molar-refractivity contribution in [2.45, 2.75) is 19.8 Å². The van der Waals surface area contributed by atoms with Crippen molar-refractivity contribution in [3.05, 3.63) is 59.7 Å². The lowest BCUT2D eigenvalue weighted by atomic mass is 10.0. The second-order valence-electron chi connectivity index (χ2n) is 6.83. The zero-order chi connectivity index (χ0) is 21.0. The molecule has 1 aliphatic rings. The lowest BCUT2D eigenvalue weighted by Gasteiger charge is -2.29. The average Bonchev–Trinajstić information content (AvgIpc) is 2.71. The summed E-state index contributed by atoms with van der Waals surface area (Å²) in [6.45, 7) is 2.37. The van der Waals surface area contributed by atoms with Crippen molar-refractivity contribution in [1.82, 2.24) is 0 Å². The molecular weight excluding hydrogens is 392 g/mol. The highest BCUT2D eigenvalue weighted by Crippen LogP contribution is 2.30. The quantitative estimate of drug-likeness (QED) is 0.676. The van der Waals surface area contributed by atoms with Gasteiger partial charge in [0.05, 0.1) is 17.5 Å². The Morgan fingerprint density at radius 3 is 2.52 bits per heavy atom. The predicted octanol–water partition coefficient (Wildman–Crippen LogP) is 2.61. The van der Waals surface area contributed by atoms with Crippen LogP contribution in [0.25, 0.3) is 0 Å². The van der Waals surface area contributed by atoms with E-state index in [1.165, 1.54) is 16.6 Å². The number of hydrogen-bond acceptors (Lipinski definition) is 5. The average molecular weight is 416 g/mol. The predicted molar refractivity (Wildman–Crippen MR) is 112 cm³/mol. The fourth-order valence-corrected chi connectivity index (χ4v) is 4.43. The first-order chi connectivity index (χ1) is 13.8. The molecule has 1 heterocycles. The van der Waals surface area contributed by atoms with Gasteiger partial charge < -0.3 is 9.64 Å². The van der Waals surface area contributed by atoms with E-state index in [-0.39, 0.29) is 12.5 Å². The van der Waals surface area contributed by atoms with Crippen molar-refractivity contribution < 1.29 is 22.7 Å². The Balaban J connectivity index is 1.69. The molecular formula is C21H24N2O5S. The molecule has 1 amide bonds. The summed E-state index contributed by atoms with van der Waals surface area (Å²) in [6.07, 6.45) is 2.53. The van der Waals surface area contributed by atoms with Gasteiger partial charge in [0.25, 0.3) is 5.91 Å². The van der Waals surface area contributed by atoms with E-state index in [0.717, 1.165) is 11.3 Å². The smallest absolute Gasteiger partial charge is 0.338 e. The summed E-state index contributed by atoms with van der Waals surface area (Å²) in [6, 6.07) is 14.0. The minimum atomic E-state index is -3.37. The Morgan fingerprint density at radius 1 is 1.14 bits per heavy atom. The Hall–Kier alpha value is -2.87. The highest BCUT2D eigenvalue weighted by molar-refractivity contribution is 7.92. The molecule has 0 fully saturated rings. The molecule has 2 aromatic carbocycles. The van der Waals surface area contributed by atoms with E-state index in [4.69, 9.17) is 4.74 Å². The van der Waals surface area contributed by atoms with Gasteiger partial charge in [-0.15, -0.1) is 0 Å². The molecule has 0 saturated carbocycles. The summed E-state index contributed by atoms with van der Waals surface area (Å²) in [5.74, 6) is -0.921. The standard InChI is InChI=1S/C21H24N2O5S/c1-3-22(18-9-5-4-6-10-18)20(24)15-28-21(25)17-11-12-19-16(14-17)8-7-13-23(19)29(2,26)27/h4-6,9-12,14H,3,7-8,13,15H2,1-2H3. The van der Waals surface area contributed by atoms with E-state index < -0.39 is 16.0 Å². The molecule has 0 saturated heterocycles. The van der Waals surface area contributed by atoms with E-state index in [0.29, 0.717) is 37.2 Å². The van der Waals surface area contributed by atoms with Crippen molar-refractivity contribution in [2.75, 3.05) is 35.2 Å². The normalized spacial score (nSPS) is 13.5. The second-order valence-corrected chi connectivity index (χ2v) is 8.74. The summed E-state index contributed by atoms with van der Waals surface area (Å²) in [5.41, 5.74) is 2.41. The van der Waals surface area contributed by atoms with Crippen LogP contribution < -0.4 is 9.21 Å². The van der Waals surface area contributed by atoms with Crippen LogP contribution in [0, 0.1) is 0 Å². The van der Waals surface area contributed by atoms with Crippen molar-refractivity contribution in [1.29, 1.82) is 0 Å². The number of fused-ring (bicyclic) bond motifs is 1. The molecule has 29 heavy (non-hydrogen) atoms. The Morgan fingerprint density at radius 2 is 1.86 bits per heavy atom. The highest BCUT2D eigenvalue weighted by atomic mass is 32.2. The van der Waals surface area contributed by atoms with Gasteiger partial charge in [0, 0.05) is 18.8 Å². The van der Waals surface area contributed by atoms with Crippen molar-refractivity contribution in [2.24, 2.45) is 0 Å². The first-order valence-corrected chi connectivity index (χ1v) is 11.3. The molecule has 154 valence electrons. The molecule has 0 aromatic heterocycles. The number of carbonyl (C=O) groups excluding carboxylic acids is 2. The molecule has 3 rings (SSSR count). The van der Waals surface area contributed by atoms with Crippen LogP contribution >= 0.6 is 0 Å². The number of anilines is 2. The van der Waals surface area contributed by atoms with Gasteiger partial charge in [0.2, 0.25) is 10.0 Å². The number of esters is 1. The summed E-state index contributed by atoms with van der Waals surface area (Å²) in [4.78, 5) is 26.5. The topological polar surface area (TPSA) is 84.0 Å². The molecule has 0 aliphatic carbocycles. The van der Waals surface area contributed by atoms with E-state index in [9.17, 15) is 18.0 Å². The number of likely N-dealkylation sites (N-methyl/N-ethyl adjacent to an activating group) is 1. The molecule has 8 heteroatoms. The van der Waals surface area contributed by atoms with Crippen molar-refractivity contribution in [3.63, 3.8) is 0 Å². The summed E-state index contributed by atoms with van der Waals surface area (Å²) < 4.78 is 30.5. The molecule has 0 unspecified atom stereocenters. The maximum absolute atomic E-state index is 12.5. The van der Waals surface area contributed by atoms with Crippen LogP contribution in [0.5, 0.6) is 0 Å².